The van der Waals surface area contributed by atoms with Crippen LogP contribution in [0.4, 0.5) is 24.8 Å². The van der Waals surface area contributed by atoms with Crippen molar-refractivity contribution in [2.24, 2.45) is 0 Å². The molecule has 2 N–H and O–H groups in total. The summed E-state index contributed by atoms with van der Waals surface area (Å²) < 4.78 is 38.3. The van der Waals surface area contributed by atoms with Gasteiger partial charge >= 0.3 is 6.18 Å². The van der Waals surface area contributed by atoms with Gasteiger partial charge in [-0.15, -0.1) is 0 Å². The summed E-state index contributed by atoms with van der Waals surface area (Å²) >= 11 is 1.86. The van der Waals surface area contributed by atoms with E-state index in [1.54, 1.807) is 6.92 Å². The fourth-order valence-electron chi connectivity index (χ4n) is 1.97. The van der Waals surface area contributed by atoms with E-state index in [1.165, 1.54) is 6.07 Å². The molecule has 0 unspecified atom stereocenters. The lowest BCUT2D eigenvalue weighted by molar-refractivity contribution is -0.144. The number of nitrogens with zero attached hydrogens (tertiary/aromatic N) is 2. The summed E-state index contributed by atoms with van der Waals surface area (Å²) in [4.78, 5) is 7.08. The van der Waals surface area contributed by atoms with Crippen LogP contribution in [0.2, 0.25) is 0 Å². The minimum atomic E-state index is -4.54. The molecule has 1 aromatic heterocycles. The number of halogens is 3. The molecule has 0 saturated carbocycles. The van der Waals surface area contributed by atoms with E-state index in [2.05, 4.69) is 20.6 Å². The molecule has 1 aliphatic rings. The number of thioether (sulfide) groups is 1. The first-order valence-electron chi connectivity index (χ1n) is 6.53. The number of hydrogen-bond donors (Lipinski definition) is 2. The monoisotopic (exact) mass is 306 g/mol. The molecule has 0 aliphatic carbocycles. The largest absolute Gasteiger partial charge is 0.451 e. The second-order valence-electron chi connectivity index (χ2n) is 4.52. The van der Waals surface area contributed by atoms with E-state index in [-0.39, 0.29) is 17.7 Å². The summed E-state index contributed by atoms with van der Waals surface area (Å²) in [5, 5.41) is 5.89. The third-order valence-corrected chi connectivity index (χ3v) is 3.96. The van der Waals surface area contributed by atoms with Crippen LogP contribution in [0, 0.1) is 0 Å². The highest BCUT2D eigenvalue weighted by Crippen LogP contribution is 2.29. The zero-order valence-corrected chi connectivity index (χ0v) is 11.9. The molecule has 0 radical (unpaired) electrons. The molecular formula is C12H17F3N4S. The van der Waals surface area contributed by atoms with Crippen LogP contribution in [0.1, 0.15) is 25.6 Å². The van der Waals surface area contributed by atoms with Crippen LogP contribution >= 0.6 is 11.8 Å². The average molecular weight is 306 g/mol. The van der Waals surface area contributed by atoms with Gasteiger partial charge in [-0.3, -0.25) is 0 Å². The Morgan fingerprint density at radius 1 is 1.25 bits per heavy atom. The quantitative estimate of drug-likeness (QED) is 0.894. The number of rotatable bonds is 4. The van der Waals surface area contributed by atoms with Crippen molar-refractivity contribution in [2.45, 2.75) is 32.0 Å². The Kier molecular flexibility index (Phi) is 4.95. The van der Waals surface area contributed by atoms with Crippen LogP contribution < -0.4 is 10.6 Å². The van der Waals surface area contributed by atoms with Gasteiger partial charge in [0.1, 0.15) is 11.6 Å². The smallest absolute Gasteiger partial charge is 0.370 e. The number of anilines is 2. The summed E-state index contributed by atoms with van der Waals surface area (Å²) in [5.41, 5.74) is 0. The van der Waals surface area contributed by atoms with Gasteiger partial charge in [-0.2, -0.15) is 24.9 Å². The van der Waals surface area contributed by atoms with Gasteiger partial charge in [0.15, 0.2) is 0 Å². The van der Waals surface area contributed by atoms with Gasteiger partial charge in [0.05, 0.1) is 0 Å². The Hall–Kier alpha value is -1.18. The van der Waals surface area contributed by atoms with Gasteiger partial charge in [0.2, 0.25) is 5.82 Å². The van der Waals surface area contributed by atoms with E-state index in [9.17, 15) is 13.2 Å². The SMILES string of the molecule is CCNc1cc(NC2CCSCC2)nc(C(F)(F)F)n1. The molecule has 8 heteroatoms. The molecule has 112 valence electrons. The zero-order valence-electron chi connectivity index (χ0n) is 11.1. The maximum Gasteiger partial charge on any atom is 0.451 e. The molecule has 0 amide bonds. The van der Waals surface area contributed by atoms with Crippen molar-refractivity contribution < 1.29 is 13.2 Å². The van der Waals surface area contributed by atoms with Crippen molar-refractivity contribution in [3.05, 3.63) is 11.9 Å². The first-order chi connectivity index (χ1) is 9.49. The molecule has 1 fully saturated rings. The van der Waals surface area contributed by atoms with Crippen molar-refractivity contribution in [3.63, 3.8) is 0 Å². The second kappa shape index (κ2) is 6.51. The number of aromatic nitrogens is 2. The molecule has 0 spiro atoms. The predicted octanol–water partition coefficient (Wildman–Crippen LogP) is 3.23. The minimum Gasteiger partial charge on any atom is -0.370 e. The lowest BCUT2D eigenvalue weighted by Crippen LogP contribution is -2.26. The molecule has 1 saturated heterocycles. The van der Waals surface area contributed by atoms with E-state index >= 15 is 0 Å². The maximum absolute atomic E-state index is 12.8. The molecule has 0 atom stereocenters. The van der Waals surface area contributed by atoms with Gasteiger partial charge < -0.3 is 10.6 Å². The van der Waals surface area contributed by atoms with Crippen LogP contribution in [-0.2, 0) is 6.18 Å². The average Bonchev–Trinajstić information content (AvgIpc) is 2.39. The molecule has 1 aromatic rings. The second-order valence-corrected chi connectivity index (χ2v) is 5.75. The standard InChI is InChI=1S/C12H17F3N4S/c1-2-16-9-7-10(17-8-3-5-20-6-4-8)19-11(18-9)12(13,14)15/h7-8H,2-6H2,1H3,(H2,16,17,18,19). The fraction of sp³-hybridized carbons (Fsp3) is 0.667. The summed E-state index contributed by atoms with van der Waals surface area (Å²) in [6.45, 7) is 2.31. The van der Waals surface area contributed by atoms with Gasteiger partial charge in [-0.05, 0) is 31.3 Å². The van der Waals surface area contributed by atoms with Crippen LogP contribution in [0.5, 0.6) is 0 Å². The Labute approximate surface area is 120 Å². The van der Waals surface area contributed by atoms with E-state index in [1.807, 2.05) is 11.8 Å². The topological polar surface area (TPSA) is 49.8 Å². The highest BCUT2D eigenvalue weighted by atomic mass is 32.2. The summed E-state index contributed by atoms with van der Waals surface area (Å²) in [5.74, 6) is 1.37. The molecule has 4 nitrogen and oxygen atoms in total. The Balaban J connectivity index is 2.19. The lowest BCUT2D eigenvalue weighted by Gasteiger charge is -2.23. The third kappa shape index (κ3) is 4.16. The molecule has 2 rings (SSSR count). The van der Waals surface area contributed by atoms with Crippen LogP contribution in [-0.4, -0.2) is 34.1 Å². The summed E-state index contributed by atoms with van der Waals surface area (Å²) in [6, 6.07) is 1.71. The molecular weight excluding hydrogens is 289 g/mol. The van der Waals surface area contributed by atoms with E-state index in [0.717, 1.165) is 24.3 Å². The van der Waals surface area contributed by atoms with E-state index in [0.29, 0.717) is 6.54 Å². The van der Waals surface area contributed by atoms with Gasteiger partial charge in [-0.1, -0.05) is 0 Å². The Morgan fingerprint density at radius 3 is 2.50 bits per heavy atom. The van der Waals surface area contributed by atoms with Crippen molar-refractivity contribution >= 4 is 23.4 Å². The molecule has 1 aliphatic heterocycles. The normalized spacial score (nSPS) is 17.0. The zero-order chi connectivity index (χ0) is 14.6. The predicted molar refractivity (Wildman–Crippen MR) is 75.2 cm³/mol. The highest BCUT2D eigenvalue weighted by molar-refractivity contribution is 7.99. The van der Waals surface area contributed by atoms with Crippen molar-refractivity contribution in [1.82, 2.24) is 9.97 Å². The Bertz CT molecular complexity index is 447. The lowest BCUT2D eigenvalue weighted by atomic mass is 10.1. The first-order valence-corrected chi connectivity index (χ1v) is 7.69. The van der Waals surface area contributed by atoms with Crippen LogP contribution in [0.3, 0.4) is 0 Å². The summed E-state index contributed by atoms with van der Waals surface area (Å²) in [6.07, 6.45) is -2.66. The molecule has 0 aromatic carbocycles. The van der Waals surface area contributed by atoms with Gasteiger partial charge in [0, 0.05) is 18.7 Å². The van der Waals surface area contributed by atoms with Gasteiger partial charge in [0.25, 0.3) is 0 Å². The van der Waals surface area contributed by atoms with Gasteiger partial charge in [-0.25, -0.2) is 9.97 Å². The van der Waals surface area contributed by atoms with E-state index in [4.69, 9.17) is 0 Å². The van der Waals surface area contributed by atoms with Crippen molar-refractivity contribution in [2.75, 3.05) is 28.7 Å². The maximum atomic E-state index is 12.8. The van der Waals surface area contributed by atoms with Crippen molar-refractivity contribution in [1.29, 1.82) is 0 Å². The fourth-order valence-corrected chi connectivity index (χ4v) is 3.08. The number of alkyl halides is 3. The van der Waals surface area contributed by atoms with E-state index < -0.39 is 12.0 Å². The van der Waals surface area contributed by atoms with Crippen LogP contribution in [0.25, 0.3) is 0 Å². The Morgan fingerprint density at radius 2 is 1.90 bits per heavy atom. The molecule has 0 bridgehead atoms. The molecule has 20 heavy (non-hydrogen) atoms. The number of hydrogen-bond acceptors (Lipinski definition) is 5. The number of nitrogens with one attached hydrogen (secondary N) is 2. The summed E-state index contributed by atoms with van der Waals surface area (Å²) in [7, 11) is 0. The third-order valence-electron chi connectivity index (χ3n) is 2.91. The van der Waals surface area contributed by atoms with Crippen molar-refractivity contribution in [3.8, 4) is 0 Å². The van der Waals surface area contributed by atoms with Crippen LogP contribution in [0.15, 0.2) is 6.07 Å². The minimum absolute atomic E-state index is 0.182. The highest BCUT2D eigenvalue weighted by Gasteiger charge is 2.35. The molecule has 2 heterocycles. The first kappa shape index (κ1) is 15.2.